The Morgan fingerprint density at radius 1 is 1.03 bits per heavy atom. The van der Waals surface area contributed by atoms with Gasteiger partial charge in [0.2, 0.25) is 0 Å². The van der Waals surface area contributed by atoms with E-state index in [2.05, 4.69) is 15.8 Å². The van der Waals surface area contributed by atoms with Gasteiger partial charge in [-0.3, -0.25) is 4.79 Å². The van der Waals surface area contributed by atoms with Gasteiger partial charge in [0.05, 0.1) is 6.21 Å². The van der Waals surface area contributed by atoms with Crippen molar-refractivity contribution in [1.82, 2.24) is 5.43 Å². The molecule has 0 saturated carbocycles. The van der Waals surface area contributed by atoms with E-state index >= 15 is 0 Å². The molecule has 0 aliphatic rings. The van der Waals surface area contributed by atoms with Crippen LogP contribution < -0.4 is 15.5 Å². The van der Waals surface area contributed by atoms with Crippen LogP contribution in [0.3, 0.4) is 0 Å². The molecule has 0 spiro atoms. The first-order chi connectivity index (χ1) is 14.1. The SMILES string of the molecule is C[C@H](Nc1ccc(Cl)cc1)C(=O)NN=Cc1ccccc1OCc1ccccc1. The minimum absolute atomic E-state index is 0.251. The Morgan fingerprint density at radius 3 is 2.48 bits per heavy atom. The Labute approximate surface area is 175 Å². The maximum atomic E-state index is 12.3. The number of hydrazone groups is 1. The lowest BCUT2D eigenvalue weighted by Gasteiger charge is -2.13. The molecule has 1 atom stereocenters. The van der Waals surface area contributed by atoms with Crippen molar-refractivity contribution < 1.29 is 9.53 Å². The number of amides is 1. The second kappa shape index (κ2) is 10.3. The number of halogens is 1. The minimum Gasteiger partial charge on any atom is -0.488 e. The number of anilines is 1. The van der Waals surface area contributed by atoms with Crippen LogP contribution >= 0.6 is 11.6 Å². The predicted molar refractivity (Wildman–Crippen MR) is 117 cm³/mol. The van der Waals surface area contributed by atoms with Crippen molar-refractivity contribution in [2.75, 3.05) is 5.32 Å². The molecule has 0 saturated heterocycles. The second-order valence-electron chi connectivity index (χ2n) is 6.42. The summed E-state index contributed by atoms with van der Waals surface area (Å²) in [6, 6.07) is 24.2. The van der Waals surface area contributed by atoms with Crippen LogP contribution in [0.25, 0.3) is 0 Å². The fourth-order valence-corrected chi connectivity index (χ4v) is 2.70. The molecule has 3 aromatic rings. The topological polar surface area (TPSA) is 62.7 Å². The third kappa shape index (κ3) is 6.36. The minimum atomic E-state index is -0.460. The number of hydrogen-bond acceptors (Lipinski definition) is 4. The summed E-state index contributed by atoms with van der Waals surface area (Å²) in [6.07, 6.45) is 1.58. The number of para-hydroxylation sites is 1. The molecule has 1 amide bonds. The summed E-state index contributed by atoms with van der Waals surface area (Å²) in [4.78, 5) is 12.3. The van der Waals surface area contributed by atoms with Crippen LogP contribution in [0.1, 0.15) is 18.1 Å². The fourth-order valence-electron chi connectivity index (χ4n) is 2.58. The van der Waals surface area contributed by atoms with E-state index in [4.69, 9.17) is 16.3 Å². The lowest BCUT2D eigenvalue weighted by molar-refractivity contribution is -0.121. The normalized spacial score (nSPS) is 11.8. The second-order valence-corrected chi connectivity index (χ2v) is 6.86. The maximum absolute atomic E-state index is 12.3. The van der Waals surface area contributed by atoms with Crippen molar-refractivity contribution in [2.45, 2.75) is 19.6 Å². The molecule has 5 nitrogen and oxygen atoms in total. The Bertz CT molecular complexity index is 959. The highest BCUT2D eigenvalue weighted by atomic mass is 35.5. The molecule has 2 N–H and O–H groups in total. The van der Waals surface area contributed by atoms with E-state index in [1.165, 1.54) is 0 Å². The van der Waals surface area contributed by atoms with Crippen LogP contribution in [0.2, 0.25) is 5.02 Å². The molecule has 0 heterocycles. The Kier molecular flexibility index (Phi) is 7.25. The van der Waals surface area contributed by atoms with Gasteiger partial charge in [-0.15, -0.1) is 0 Å². The smallest absolute Gasteiger partial charge is 0.262 e. The van der Waals surface area contributed by atoms with Gasteiger partial charge in [-0.1, -0.05) is 54.1 Å². The summed E-state index contributed by atoms with van der Waals surface area (Å²) in [5, 5.41) is 7.81. The summed E-state index contributed by atoms with van der Waals surface area (Å²) in [5.74, 6) is 0.445. The third-order valence-electron chi connectivity index (χ3n) is 4.16. The molecule has 0 aliphatic carbocycles. The van der Waals surface area contributed by atoms with Crippen molar-refractivity contribution >= 4 is 29.4 Å². The molecule has 29 heavy (non-hydrogen) atoms. The summed E-state index contributed by atoms with van der Waals surface area (Å²) in [7, 11) is 0. The van der Waals surface area contributed by atoms with Gasteiger partial charge in [0.25, 0.3) is 5.91 Å². The number of benzene rings is 3. The number of ether oxygens (including phenoxy) is 1. The Hall–Kier alpha value is -3.31. The van der Waals surface area contributed by atoms with Gasteiger partial charge in [0, 0.05) is 16.3 Å². The number of rotatable bonds is 8. The number of hydrogen-bond donors (Lipinski definition) is 2. The van der Waals surface area contributed by atoms with E-state index in [0.717, 1.165) is 16.8 Å². The first-order valence-corrected chi connectivity index (χ1v) is 9.60. The molecule has 0 aliphatic heterocycles. The highest BCUT2D eigenvalue weighted by Crippen LogP contribution is 2.18. The average Bonchev–Trinajstić information content (AvgIpc) is 2.75. The van der Waals surface area contributed by atoms with Crippen LogP contribution in [0.5, 0.6) is 5.75 Å². The molecule has 6 heteroatoms. The lowest BCUT2D eigenvalue weighted by Crippen LogP contribution is -2.34. The fraction of sp³-hybridized carbons (Fsp3) is 0.130. The van der Waals surface area contributed by atoms with E-state index in [-0.39, 0.29) is 5.91 Å². The Balaban J connectivity index is 1.55. The largest absolute Gasteiger partial charge is 0.488 e. The van der Waals surface area contributed by atoms with Crippen LogP contribution in [0.4, 0.5) is 5.69 Å². The number of carbonyl (C=O) groups excluding carboxylic acids is 1. The summed E-state index contributed by atoms with van der Waals surface area (Å²) in [5.41, 5.74) is 5.21. The van der Waals surface area contributed by atoms with Crippen LogP contribution in [0, 0.1) is 0 Å². The van der Waals surface area contributed by atoms with E-state index in [1.807, 2.05) is 66.7 Å². The zero-order valence-corrected chi connectivity index (χ0v) is 16.8. The van der Waals surface area contributed by atoms with Crippen molar-refractivity contribution in [1.29, 1.82) is 0 Å². The highest BCUT2D eigenvalue weighted by Gasteiger charge is 2.11. The summed E-state index contributed by atoms with van der Waals surface area (Å²) >= 11 is 5.87. The molecule has 148 valence electrons. The van der Waals surface area contributed by atoms with E-state index in [1.54, 1.807) is 25.3 Å². The van der Waals surface area contributed by atoms with Gasteiger partial charge in [-0.25, -0.2) is 5.43 Å². The zero-order valence-electron chi connectivity index (χ0n) is 16.0. The van der Waals surface area contributed by atoms with Crippen LogP contribution in [-0.2, 0) is 11.4 Å². The molecule has 0 fully saturated rings. The predicted octanol–water partition coefficient (Wildman–Crippen LogP) is 4.87. The molecular formula is C23H22ClN3O2. The van der Waals surface area contributed by atoms with Crippen LogP contribution in [-0.4, -0.2) is 18.2 Å². The van der Waals surface area contributed by atoms with Crippen molar-refractivity contribution in [3.8, 4) is 5.75 Å². The van der Waals surface area contributed by atoms with Gasteiger partial charge in [0.1, 0.15) is 18.4 Å². The lowest BCUT2D eigenvalue weighted by atomic mass is 10.2. The van der Waals surface area contributed by atoms with Crippen molar-refractivity contribution in [2.24, 2.45) is 5.10 Å². The third-order valence-corrected chi connectivity index (χ3v) is 4.41. The first-order valence-electron chi connectivity index (χ1n) is 9.22. The van der Waals surface area contributed by atoms with Gasteiger partial charge in [0.15, 0.2) is 0 Å². The van der Waals surface area contributed by atoms with E-state index in [0.29, 0.717) is 17.4 Å². The van der Waals surface area contributed by atoms with E-state index < -0.39 is 6.04 Å². The monoisotopic (exact) mass is 407 g/mol. The van der Waals surface area contributed by atoms with Crippen molar-refractivity contribution in [3.05, 3.63) is 95.0 Å². The van der Waals surface area contributed by atoms with Crippen molar-refractivity contribution in [3.63, 3.8) is 0 Å². The van der Waals surface area contributed by atoms with Gasteiger partial charge < -0.3 is 10.1 Å². The first kappa shape index (κ1) is 20.4. The van der Waals surface area contributed by atoms with Gasteiger partial charge in [-0.05, 0) is 48.9 Å². The molecule has 3 rings (SSSR count). The summed E-state index contributed by atoms with van der Waals surface area (Å²) in [6.45, 7) is 2.22. The zero-order chi connectivity index (χ0) is 20.5. The highest BCUT2D eigenvalue weighted by molar-refractivity contribution is 6.30. The quantitative estimate of drug-likeness (QED) is 0.413. The average molecular weight is 408 g/mol. The molecule has 0 aromatic heterocycles. The molecule has 3 aromatic carbocycles. The standard InChI is InChI=1S/C23H22ClN3O2/c1-17(26-21-13-11-20(24)12-14-21)23(28)27-25-15-19-9-5-6-10-22(19)29-16-18-7-3-2-4-8-18/h2-15,17,26H,16H2,1H3,(H,27,28)/t17-/m0/s1. The molecule has 0 bridgehead atoms. The van der Waals surface area contributed by atoms with Gasteiger partial charge in [-0.2, -0.15) is 5.10 Å². The van der Waals surface area contributed by atoms with Crippen LogP contribution in [0.15, 0.2) is 84.0 Å². The van der Waals surface area contributed by atoms with Gasteiger partial charge >= 0.3 is 0 Å². The molecular weight excluding hydrogens is 386 g/mol. The molecule has 0 radical (unpaired) electrons. The Morgan fingerprint density at radius 2 is 1.72 bits per heavy atom. The number of nitrogens with one attached hydrogen (secondary N) is 2. The number of nitrogens with zero attached hydrogens (tertiary/aromatic N) is 1. The number of carbonyl (C=O) groups is 1. The van der Waals surface area contributed by atoms with E-state index in [9.17, 15) is 4.79 Å². The molecule has 0 unspecified atom stereocenters. The summed E-state index contributed by atoms with van der Waals surface area (Å²) < 4.78 is 5.89. The maximum Gasteiger partial charge on any atom is 0.262 e.